The first-order valence-electron chi connectivity index (χ1n) is 5.72. The van der Waals surface area contributed by atoms with Crippen LogP contribution in [0.3, 0.4) is 0 Å². The van der Waals surface area contributed by atoms with Gasteiger partial charge in [0.15, 0.2) is 0 Å². The Labute approximate surface area is 91.2 Å². The van der Waals surface area contributed by atoms with E-state index in [1.54, 1.807) is 0 Å². The zero-order valence-corrected chi connectivity index (χ0v) is 9.57. The van der Waals surface area contributed by atoms with Crippen molar-refractivity contribution < 1.29 is 9.90 Å². The molecule has 0 aromatic rings. The highest BCUT2D eigenvalue weighted by molar-refractivity contribution is 5.81. The van der Waals surface area contributed by atoms with Crippen LogP contribution in [0.1, 0.15) is 33.1 Å². The third-order valence-corrected chi connectivity index (χ3v) is 2.71. The minimum atomic E-state index is -0.448. The number of carbonyl (C=O) groups excluding carboxylic acids is 1. The Morgan fingerprint density at radius 3 is 2.60 bits per heavy atom. The van der Waals surface area contributed by atoms with Crippen molar-refractivity contribution in [3.63, 3.8) is 0 Å². The van der Waals surface area contributed by atoms with E-state index in [2.05, 4.69) is 5.32 Å². The Balaban J connectivity index is 2.16. The Morgan fingerprint density at radius 2 is 2.13 bits per heavy atom. The summed E-state index contributed by atoms with van der Waals surface area (Å²) in [6.45, 7) is 4.41. The third-order valence-electron chi connectivity index (χ3n) is 2.71. The molecular weight excluding hydrogens is 192 g/mol. The van der Waals surface area contributed by atoms with Crippen molar-refractivity contribution in [2.24, 2.45) is 17.6 Å². The zero-order valence-electron chi connectivity index (χ0n) is 9.57. The molecule has 0 aliphatic heterocycles. The number of aliphatic hydroxyl groups is 1. The van der Waals surface area contributed by atoms with Gasteiger partial charge in [-0.15, -0.1) is 0 Å². The molecule has 88 valence electrons. The van der Waals surface area contributed by atoms with Crippen LogP contribution in [0.5, 0.6) is 0 Å². The Hall–Kier alpha value is -0.610. The van der Waals surface area contributed by atoms with Gasteiger partial charge in [0.2, 0.25) is 5.91 Å². The summed E-state index contributed by atoms with van der Waals surface area (Å²) in [5, 5.41) is 12.2. The molecule has 2 atom stereocenters. The minimum absolute atomic E-state index is 0.150. The molecule has 0 spiro atoms. The van der Waals surface area contributed by atoms with Crippen LogP contribution in [0, 0.1) is 11.8 Å². The molecule has 1 unspecified atom stereocenters. The minimum Gasteiger partial charge on any atom is -0.391 e. The summed E-state index contributed by atoms with van der Waals surface area (Å²) in [5.41, 5.74) is 5.70. The van der Waals surface area contributed by atoms with Crippen LogP contribution in [-0.2, 0) is 4.79 Å². The van der Waals surface area contributed by atoms with E-state index in [0.717, 1.165) is 12.8 Å². The first kappa shape index (κ1) is 12.5. The quantitative estimate of drug-likeness (QED) is 0.593. The Morgan fingerprint density at radius 1 is 1.53 bits per heavy atom. The van der Waals surface area contributed by atoms with Crippen molar-refractivity contribution in [3.05, 3.63) is 0 Å². The number of carbonyl (C=O) groups is 1. The fourth-order valence-corrected chi connectivity index (χ4v) is 1.60. The topological polar surface area (TPSA) is 75.4 Å². The molecule has 0 radical (unpaired) electrons. The number of amides is 1. The van der Waals surface area contributed by atoms with Gasteiger partial charge in [0, 0.05) is 6.54 Å². The standard InChI is InChI=1S/C11H22N2O2/c1-7(2)5-9(12)11(15)13-6-10(14)8-3-4-8/h7-10,14H,3-6,12H2,1-2H3,(H,13,15)/t9-,10?/m0/s1. The molecule has 1 saturated carbocycles. The summed E-state index contributed by atoms with van der Waals surface area (Å²) >= 11 is 0. The van der Waals surface area contributed by atoms with Crippen molar-refractivity contribution in [1.29, 1.82) is 0 Å². The molecular formula is C11H22N2O2. The fourth-order valence-electron chi connectivity index (χ4n) is 1.60. The predicted octanol–water partition coefficient (Wildman–Crippen LogP) is 0.247. The molecule has 0 aromatic carbocycles. The molecule has 0 aromatic heterocycles. The second-order valence-corrected chi connectivity index (χ2v) is 4.89. The van der Waals surface area contributed by atoms with E-state index in [9.17, 15) is 9.90 Å². The number of nitrogens with one attached hydrogen (secondary N) is 1. The fraction of sp³-hybridized carbons (Fsp3) is 0.909. The van der Waals surface area contributed by atoms with Gasteiger partial charge < -0.3 is 16.2 Å². The molecule has 15 heavy (non-hydrogen) atoms. The second-order valence-electron chi connectivity index (χ2n) is 4.89. The van der Waals surface area contributed by atoms with Crippen LogP contribution >= 0.6 is 0 Å². The molecule has 1 aliphatic carbocycles. The molecule has 1 rings (SSSR count). The van der Waals surface area contributed by atoms with Gasteiger partial charge in [-0.25, -0.2) is 0 Å². The van der Waals surface area contributed by atoms with Gasteiger partial charge in [0.1, 0.15) is 0 Å². The first-order chi connectivity index (χ1) is 7.00. The van der Waals surface area contributed by atoms with E-state index in [-0.39, 0.29) is 12.0 Å². The smallest absolute Gasteiger partial charge is 0.237 e. The number of hydrogen-bond donors (Lipinski definition) is 3. The first-order valence-corrected chi connectivity index (χ1v) is 5.72. The normalized spacial score (nSPS) is 20.1. The predicted molar refractivity (Wildman–Crippen MR) is 59.2 cm³/mol. The van der Waals surface area contributed by atoms with Gasteiger partial charge in [-0.2, -0.15) is 0 Å². The number of nitrogens with two attached hydrogens (primary N) is 1. The monoisotopic (exact) mass is 214 g/mol. The highest BCUT2D eigenvalue weighted by Gasteiger charge is 2.30. The van der Waals surface area contributed by atoms with E-state index in [1.807, 2.05) is 13.8 Å². The zero-order chi connectivity index (χ0) is 11.4. The van der Waals surface area contributed by atoms with Crippen LogP contribution in [0.15, 0.2) is 0 Å². The lowest BCUT2D eigenvalue weighted by Gasteiger charge is -2.16. The Bertz CT molecular complexity index is 215. The molecule has 1 fully saturated rings. The summed E-state index contributed by atoms with van der Waals surface area (Å²) in [4.78, 5) is 11.5. The lowest BCUT2D eigenvalue weighted by molar-refractivity contribution is -0.123. The number of rotatable bonds is 6. The third kappa shape index (κ3) is 4.62. The molecule has 0 heterocycles. The van der Waals surface area contributed by atoms with Crippen molar-refractivity contribution in [3.8, 4) is 0 Å². The van der Waals surface area contributed by atoms with Gasteiger partial charge in [-0.1, -0.05) is 13.8 Å². The molecule has 4 N–H and O–H groups in total. The molecule has 4 heteroatoms. The molecule has 4 nitrogen and oxygen atoms in total. The average molecular weight is 214 g/mol. The summed E-state index contributed by atoms with van der Waals surface area (Å²) in [6.07, 6.45) is 2.45. The maximum Gasteiger partial charge on any atom is 0.237 e. The number of aliphatic hydroxyl groups excluding tert-OH is 1. The second kappa shape index (κ2) is 5.47. The van der Waals surface area contributed by atoms with Crippen LogP contribution in [0.4, 0.5) is 0 Å². The van der Waals surface area contributed by atoms with Crippen LogP contribution in [0.25, 0.3) is 0 Å². The number of hydrogen-bond acceptors (Lipinski definition) is 3. The van der Waals surface area contributed by atoms with Crippen molar-refractivity contribution in [1.82, 2.24) is 5.32 Å². The summed E-state index contributed by atoms with van der Waals surface area (Å²) < 4.78 is 0. The molecule has 0 saturated heterocycles. The SMILES string of the molecule is CC(C)C[C@H](N)C(=O)NCC(O)C1CC1. The molecule has 1 amide bonds. The lowest BCUT2D eigenvalue weighted by atomic mass is 10.0. The van der Waals surface area contributed by atoms with Gasteiger partial charge in [0.25, 0.3) is 0 Å². The van der Waals surface area contributed by atoms with Crippen molar-refractivity contribution >= 4 is 5.91 Å². The summed E-state index contributed by atoms with van der Waals surface area (Å²) in [6, 6.07) is -0.448. The maximum absolute atomic E-state index is 11.5. The van der Waals surface area contributed by atoms with Gasteiger partial charge in [0.05, 0.1) is 12.1 Å². The molecule has 1 aliphatic rings. The summed E-state index contributed by atoms with van der Waals surface area (Å²) in [7, 11) is 0. The van der Waals surface area contributed by atoms with Crippen LogP contribution in [-0.4, -0.2) is 29.7 Å². The van der Waals surface area contributed by atoms with E-state index < -0.39 is 6.04 Å². The van der Waals surface area contributed by atoms with E-state index in [4.69, 9.17) is 5.73 Å². The summed E-state index contributed by atoms with van der Waals surface area (Å²) in [5.74, 6) is 0.661. The highest BCUT2D eigenvalue weighted by atomic mass is 16.3. The lowest BCUT2D eigenvalue weighted by Crippen LogP contribution is -2.44. The molecule has 0 bridgehead atoms. The van der Waals surface area contributed by atoms with E-state index in [0.29, 0.717) is 24.8 Å². The van der Waals surface area contributed by atoms with Gasteiger partial charge >= 0.3 is 0 Å². The van der Waals surface area contributed by atoms with Crippen molar-refractivity contribution in [2.45, 2.75) is 45.3 Å². The largest absolute Gasteiger partial charge is 0.391 e. The highest BCUT2D eigenvalue weighted by Crippen LogP contribution is 2.32. The van der Waals surface area contributed by atoms with Gasteiger partial charge in [-0.05, 0) is 31.1 Å². The maximum atomic E-state index is 11.5. The average Bonchev–Trinajstić information content (AvgIpc) is 2.95. The Kier molecular flexibility index (Phi) is 4.54. The van der Waals surface area contributed by atoms with Crippen LogP contribution in [0.2, 0.25) is 0 Å². The van der Waals surface area contributed by atoms with E-state index >= 15 is 0 Å². The van der Waals surface area contributed by atoms with Crippen LogP contribution < -0.4 is 11.1 Å². The van der Waals surface area contributed by atoms with E-state index in [1.165, 1.54) is 0 Å². The van der Waals surface area contributed by atoms with Gasteiger partial charge in [-0.3, -0.25) is 4.79 Å². The van der Waals surface area contributed by atoms with Crippen molar-refractivity contribution in [2.75, 3.05) is 6.54 Å².